The number of aliphatic hydroxyl groups excluding tert-OH is 1. The molecule has 0 radical (unpaired) electrons. The van der Waals surface area contributed by atoms with Gasteiger partial charge in [-0.3, -0.25) is 9.59 Å². The van der Waals surface area contributed by atoms with Gasteiger partial charge in [-0.2, -0.15) is 0 Å². The second-order valence-electron chi connectivity index (χ2n) is 5.39. The number of carbonyl (C=O) groups is 2. The van der Waals surface area contributed by atoms with E-state index < -0.39 is 23.5 Å². The summed E-state index contributed by atoms with van der Waals surface area (Å²) in [5.74, 6) is -2.58. The highest BCUT2D eigenvalue weighted by Gasteiger charge is 2.40. The van der Waals surface area contributed by atoms with E-state index in [0.29, 0.717) is 5.56 Å². The van der Waals surface area contributed by atoms with Gasteiger partial charge in [0, 0.05) is 11.1 Å². The van der Waals surface area contributed by atoms with Crippen molar-refractivity contribution < 1.29 is 19.1 Å². The van der Waals surface area contributed by atoms with Gasteiger partial charge in [0.2, 0.25) is 0 Å². The molecule has 3 rings (SSSR count). The molecule has 1 unspecified atom stereocenters. The van der Waals surface area contributed by atoms with Gasteiger partial charge in [-0.05, 0) is 13.0 Å². The zero-order chi connectivity index (χ0) is 16.6. The predicted octanol–water partition coefficient (Wildman–Crippen LogP) is 2.84. The number of Topliss-reactive ketones (excluding diaryl/α,β-unsaturated/α-hetero) is 1. The minimum Gasteiger partial charge on any atom is -0.507 e. The number of hydrogen-bond acceptors (Lipinski definition) is 3. The lowest BCUT2D eigenvalue weighted by Crippen LogP contribution is -2.21. The van der Waals surface area contributed by atoms with Crippen molar-refractivity contribution in [3.63, 3.8) is 0 Å². The molecular formula is C18H14FNO3. The lowest BCUT2D eigenvalue weighted by atomic mass is 9.95. The van der Waals surface area contributed by atoms with E-state index in [1.165, 1.54) is 18.2 Å². The molecule has 1 fully saturated rings. The zero-order valence-corrected chi connectivity index (χ0v) is 12.3. The molecule has 0 aromatic heterocycles. The Balaban J connectivity index is 2.15. The molecule has 1 heterocycles. The Morgan fingerprint density at radius 3 is 2.39 bits per heavy atom. The van der Waals surface area contributed by atoms with Crippen LogP contribution in [-0.2, 0) is 9.59 Å². The highest BCUT2D eigenvalue weighted by molar-refractivity contribution is 6.46. The average molecular weight is 311 g/mol. The summed E-state index contributed by atoms with van der Waals surface area (Å²) < 4.78 is 14.0. The maximum absolute atomic E-state index is 14.0. The van der Waals surface area contributed by atoms with Crippen molar-refractivity contribution in [1.82, 2.24) is 5.32 Å². The third-order valence-corrected chi connectivity index (χ3v) is 3.81. The van der Waals surface area contributed by atoms with E-state index in [4.69, 9.17) is 0 Å². The highest BCUT2D eigenvalue weighted by atomic mass is 19.1. The molecule has 1 aliphatic rings. The lowest BCUT2D eigenvalue weighted by Gasteiger charge is -2.14. The first-order valence-corrected chi connectivity index (χ1v) is 7.09. The number of rotatable bonds is 2. The number of carbonyl (C=O) groups excluding carboxylic acids is 2. The van der Waals surface area contributed by atoms with Crippen molar-refractivity contribution in [2.24, 2.45) is 0 Å². The third kappa shape index (κ3) is 2.61. The van der Waals surface area contributed by atoms with E-state index in [1.54, 1.807) is 30.3 Å². The fraction of sp³-hybridized carbons (Fsp3) is 0.111. The SMILES string of the molecule is Cc1ccc(/C(O)=C2/C(=O)C(=O)NC2c2ccccc2F)cc1. The summed E-state index contributed by atoms with van der Waals surface area (Å²) in [6.07, 6.45) is 0. The summed E-state index contributed by atoms with van der Waals surface area (Å²) in [6.45, 7) is 1.89. The number of ketones is 1. The van der Waals surface area contributed by atoms with E-state index >= 15 is 0 Å². The molecule has 5 heteroatoms. The van der Waals surface area contributed by atoms with Crippen molar-refractivity contribution >= 4 is 17.4 Å². The molecule has 1 atom stereocenters. The van der Waals surface area contributed by atoms with Crippen LogP contribution in [0.3, 0.4) is 0 Å². The molecule has 1 saturated heterocycles. The fourth-order valence-electron chi connectivity index (χ4n) is 2.58. The summed E-state index contributed by atoms with van der Waals surface area (Å²) >= 11 is 0. The lowest BCUT2D eigenvalue weighted by molar-refractivity contribution is -0.133. The van der Waals surface area contributed by atoms with Crippen LogP contribution >= 0.6 is 0 Å². The molecule has 2 aromatic carbocycles. The van der Waals surface area contributed by atoms with E-state index in [0.717, 1.165) is 5.56 Å². The number of hydrogen-bond donors (Lipinski definition) is 2. The number of amides is 1. The number of aliphatic hydroxyl groups is 1. The minimum absolute atomic E-state index is 0.135. The van der Waals surface area contributed by atoms with E-state index in [2.05, 4.69) is 5.32 Å². The normalized spacial score (nSPS) is 19.7. The van der Waals surface area contributed by atoms with Gasteiger partial charge in [-0.1, -0.05) is 48.0 Å². The largest absolute Gasteiger partial charge is 0.507 e. The fourth-order valence-corrected chi connectivity index (χ4v) is 2.58. The van der Waals surface area contributed by atoms with Crippen LogP contribution in [0.5, 0.6) is 0 Å². The molecule has 0 saturated carbocycles. The molecular weight excluding hydrogens is 297 g/mol. The van der Waals surface area contributed by atoms with Crippen LogP contribution in [0, 0.1) is 12.7 Å². The van der Waals surface area contributed by atoms with Gasteiger partial charge in [0.05, 0.1) is 11.6 Å². The highest BCUT2D eigenvalue weighted by Crippen LogP contribution is 2.33. The summed E-state index contributed by atoms with van der Waals surface area (Å²) in [4.78, 5) is 23.9. The Labute approximate surface area is 132 Å². The van der Waals surface area contributed by atoms with Crippen molar-refractivity contribution in [2.75, 3.05) is 0 Å². The quantitative estimate of drug-likeness (QED) is 0.509. The Morgan fingerprint density at radius 1 is 1.09 bits per heavy atom. The summed E-state index contributed by atoms with van der Waals surface area (Å²) in [5, 5.41) is 12.9. The second-order valence-corrected chi connectivity index (χ2v) is 5.39. The summed E-state index contributed by atoms with van der Waals surface area (Å²) in [6, 6.07) is 11.7. The van der Waals surface area contributed by atoms with Crippen molar-refractivity contribution in [1.29, 1.82) is 0 Å². The monoisotopic (exact) mass is 311 g/mol. The molecule has 1 amide bonds. The number of nitrogens with one attached hydrogen (secondary N) is 1. The Kier molecular flexibility index (Phi) is 3.70. The van der Waals surface area contributed by atoms with E-state index in [9.17, 15) is 19.1 Å². The molecule has 2 N–H and O–H groups in total. The number of aryl methyl sites for hydroxylation is 1. The second kappa shape index (κ2) is 5.68. The molecule has 0 spiro atoms. The summed E-state index contributed by atoms with van der Waals surface area (Å²) in [5.41, 5.74) is 1.39. The van der Waals surface area contributed by atoms with Gasteiger partial charge in [0.25, 0.3) is 11.7 Å². The van der Waals surface area contributed by atoms with Crippen molar-refractivity contribution in [2.45, 2.75) is 13.0 Å². The van der Waals surface area contributed by atoms with Crippen LogP contribution in [0.25, 0.3) is 5.76 Å². The van der Waals surface area contributed by atoms with Crippen LogP contribution in [0.4, 0.5) is 4.39 Å². The Morgan fingerprint density at radius 2 is 1.74 bits per heavy atom. The molecule has 2 aromatic rings. The first-order valence-electron chi connectivity index (χ1n) is 7.09. The molecule has 0 aliphatic carbocycles. The maximum Gasteiger partial charge on any atom is 0.293 e. The minimum atomic E-state index is -1.00. The zero-order valence-electron chi connectivity index (χ0n) is 12.3. The molecule has 23 heavy (non-hydrogen) atoms. The third-order valence-electron chi connectivity index (χ3n) is 3.81. The summed E-state index contributed by atoms with van der Waals surface area (Å²) in [7, 11) is 0. The first kappa shape index (κ1) is 15.0. The molecule has 1 aliphatic heterocycles. The van der Waals surface area contributed by atoms with Crippen LogP contribution in [-0.4, -0.2) is 16.8 Å². The Bertz CT molecular complexity index is 824. The van der Waals surface area contributed by atoms with Crippen LogP contribution in [0.1, 0.15) is 22.7 Å². The predicted molar refractivity (Wildman–Crippen MR) is 83.0 cm³/mol. The van der Waals surface area contributed by atoms with Gasteiger partial charge in [0.1, 0.15) is 11.6 Å². The van der Waals surface area contributed by atoms with Crippen molar-refractivity contribution in [3.05, 3.63) is 76.6 Å². The van der Waals surface area contributed by atoms with Gasteiger partial charge in [-0.25, -0.2) is 4.39 Å². The number of benzene rings is 2. The van der Waals surface area contributed by atoms with E-state index in [1.807, 2.05) is 6.92 Å². The van der Waals surface area contributed by atoms with Crippen LogP contribution < -0.4 is 5.32 Å². The molecule has 4 nitrogen and oxygen atoms in total. The van der Waals surface area contributed by atoms with Crippen LogP contribution in [0.15, 0.2) is 54.1 Å². The van der Waals surface area contributed by atoms with Gasteiger partial charge >= 0.3 is 0 Å². The van der Waals surface area contributed by atoms with E-state index in [-0.39, 0.29) is 16.9 Å². The van der Waals surface area contributed by atoms with Gasteiger partial charge < -0.3 is 10.4 Å². The van der Waals surface area contributed by atoms with Gasteiger partial charge in [-0.15, -0.1) is 0 Å². The Hall–Kier alpha value is -2.95. The average Bonchev–Trinajstić information content (AvgIpc) is 2.83. The number of halogens is 1. The topological polar surface area (TPSA) is 66.4 Å². The maximum atomic E-state index is 14.0. The van der Waals surface area contributed by atoms with Crippen LogP contribution in [0.2, 0.25) is 0 Å². The molecule has 116 valence electrons. The van der Waals surface area contributed by atoms with Crippen molar-refractivity contribution in [3.8, 4) is 0 Å². The smallest absolute Gasteiger partial charge is 0.293 e. The van der Waals surface area contributed by atoms with Gasteiger partial charge in [0.15, 0.2) is 0 Å². The standard InChI is InChI=1S/C18H14FNO3/c1-10-6-8-11(9-7-10)16(21)14-15(20-18(23)17(14)22)12-4-2-3-5-13(12)19/h2-9,15,21H,1H3,(H,20,23)/b16-14-. The first-order chi connectivity index (χ1) is 11.0. The molecule has 0 bridgehead atoms.